The fraction of sp³-hybridized carbons (Fsp3) is 0.500. The monoisotopic (exact) mass is 200 g/mol. The van der Waals surface area contributed by atoms with E-state index in [2.05, 4.69) is 0 Å². The normalized spacial score (nSPS) is 12.9. The molecule has 0 saturated heterocycles. The van der Waals surface area contributed by atoms with Crippen LogP contribution < -0.4 is 0 Å². The largest absolute Gasteiger partial charge is 0.285 e. The highest BCUT2D eigenvalue weighted by atomic mass is 32.2. The standard InChI is InChI=1S/C4H8O5S2/c5-10(6)3-1-2-4-11(7,8)9/h1-2,10H,3-4H2,(H,7,8,9)/b2-1-. The van der Waals surface area contributed by atoms with Gasteiger partial charge in [-0.15, -0.1) is 0 Å². The predicted octanol–water partition coefficient (Wildman–Crippen LogP) is -0.958. The van der Waals surface area contributed by atoms with Gasteiger partial charge in [-0.1, -0.05) is 12.2 Å². The van der Waals surface area contributed by atoms with Crippen molar-refractivity contribution in [2.24, 2.45) is 0 Å². The van der Waals surface area contributed by atoms with E-state index in [-0.39, 0.29) is 5.75 Å². The lowest BCUT2D eigenvalue weighted by Gasteiger charge is -1.85. The van der Waals surface area contributed by atoms with Crippen molar-refractivity contribution in [1.29, 1.82) is 0 Å². The van der Waals surface area contributed by atoms with Crippen LogP contribution in [0.25, 0.3) is 0 Å². The van der Waals surface area contributed by atoms with E-state index in [1.54, 1.807) is 0 Å². The minimum atomic E-state index is -4.01. The second-order valence-corrected chi connectivity index (χ2v) is 4.26. The molecule has 66 valence electrons. The van der Waals surface area contributed by atoms with Gasteiger partial charge in [-0.05, 0) is 0 Å². The summed E-state index contributed by atoms with van der Waals surface area (Å²) in [7, 11) is -6.52. The Balaban J connectivity index is 3.81. The van der Waals surface area contributed by atoms with Crippen LogP contribution in [-0.4, -0.2) is 32.9 Å². The fourth-order valence-electron chi connectivity index (χ4n) is 0.350. The second kappa shape index (κ2) is 4.47. The molecule has 0 aromatic heterocycles. The Kier molecular flexibility index (Phi) is 4.31. The molecule has 0 aliphatic carbocycles. The fourth-order valence-corrected chi connectivity index (χ4v) is 1.05. The van der Waals surface area contributed by atoms with Gasteiger partial charge in [0.2, 0.25) is 0 Å². The summed E-state index contributed by atoms with van der Waals surface area (Å²) >= 11 is 0. The first-order chi connectivity index (χ1) is 4.92. The van der Waals surface area contributed by atoms with Gasteiger partial charge >= 0.3 is 0 Å². The summed E-state index contributed by atoms with van der Waals surface area (Å²) in [5.74, 6) is -0.749. The van der Waals surface area contributed by atoms with Gasteiger partial charge in [-0.2, -0.15) is 8.42 Å². The van der Waals surface area contributed by atoms with Gasteiger partial charge in [0, 0.05) is 0 Å². The number of hydrogen-bond acceptors (Lipinski definition) is 4. The van der Waals surface area contributed by atoms with Crippen LogP contribution in [0, 0.1) is 0 Å². The Labute approximate surface area is 66.4 Å². The van der Waals surface area contributed by atoms with Crippen LogP contribution in [0.15, 0.2) is 12.2 Å². The third-order valence-corrected chi connectivity index (χ3v) is 1.85. The molecule has 0 unspecified atom stereocenters. The van der Waals surface area contributed by atoms with E-state index in [0.717, 1.165) is 6.08 Å². The molecule has 5 nitrogen and oxygen atoms in total. The van der Waals surface area contributed by atoms with Gasteiger partial charge < -0.3 is 0 Å². The van der Waals surface area contributed by atoms with Crippen LogP contribution >= 0.6 is 0 Å². The van der Waals surface area contributed by atoms with Crippen molar-refractivity contribution in [2.45, 2.75) is 0 Å². The van der Waals surface area contributed by atoms with Crippen LogP contribution in [0.4, 0.5) is 0 Å². The molecule has 0 aromatic rings. The van der Waals surface area contributed by atoms with E-state index in [4.69, 9.17) is 4.55 Å². The summed E-state index contributed by atoms with van der Waals surface area (Å²) in [6, 6.07) is 0. The Morgan fingerprint density at radius 1 is 1.27 bits per heavy atom. The highest BCUT2D eigenvalue weighted by molar-refractivity contribution is 7.85. The summed E-state index contributed by atoms with van der Waals surface area (Å²) in [6.07, 6.45) is 2.25. The third kappa shape index (κ3) is 9.60. The first-order valence-corrected chi connectivity index (χ1v) is 5.61. The first kappa shape index (κ1) is 10.6. The minimum absolute atomic E-state index is 0.204. The number of thiol groups is 1. The summed E-state index contributed by atoms with van der Waals surface area (Å²) in [5.41, 5.74) is 0. The molecule has 7 heteroatoms. The molecule has 0 radical (unpaired) electrons. The Morgan fingerprint density at radius 3 is 2.18 bits per heavy atom. The molecule has 0 aromatic carbocycles. The van der Waals surface area contributed by atoms with E-state index in [1.165, 1.54) is 6.08 Å². The van der Waals surface area contributed by atoms with Crippen LogP contribution in [-0.2, 0) is 20.8 Å². The lowest BCUT2D eigenvalue weighted by molar-refractivity contribution is 0.486. The van der Waals surface area contributed by atoms with E-state index >= 15 is 0 Å². The molecule has 0 rings (SSSR count). The molecule has 1 N–H and O–H groups in total. The van der Waals surface area contributed by atoms with Crippen molar-refractivity contribution < 1.29 is 21.4 Å². The van der Waals surface area contributed by atoms with E-state index in [1.807, 2.05) is 0 Å². The molecule has 11 heavy (non-hydrogen) atoms. The highest BCUT2D eigenvalue weighted by Gasteiger charge is 1.97. The molecule has 0 heterocycles. The molecule has 0 bridgehead atoms. The van der Waals surface area contributed by atoms with Gasteiger partial charge in [-0.25, -0.2) is 8.42 Å². The Hall–Kier alpha value is -0.400. The van der Waals surface area contributed by atoms with Crippen molar-refractivity contribution >= 4 is 20.8 Å². The molecule has 0 amide bonds. The van der Waals surface area contributed by atoms with Crippen LogP contribution in [0.3, 0.4) is 0 Å². The molecule has 0 aliphatic rings. The zero-order chi connectivity index (χ0) is 8.91. The topological polar surface area (TPSA) is 88.5 Å². The van der Waals surface area contributed by atoms with Crippen molar-refractivity contribution in [2.75, 3.05) is 11.5 Å². The van der Waals surface area contributed by atoms with Gasteiger partial charge in [0.1, 0.15) is 10.7 Å². The third-order valence-electron chi connectivity index (χ3n) is 0.728. The maximum absolute atomic E-state index is 10.0. The predicted molar refractivity (Wildman–Crippen MR) is 40.7 cm³/mol. The van der Waals surface area contributed by atoms with Crippen molar-refractivity contribution in [1.82, 2.24) is 0 Å². The molecule has 0 aliphatic heterocycles. The van der Waals surface area contributed by atoms with E-state index in [9.17, 15) is 16.8 Å². The number of hydrogen-bond donors (Lipinski definition) is 2. The van der Waals surface area contributed by atoms with Crippen LogP contribution in [0.1, 0.15) is 0 Å². The molecular formula is C4H8O5S2. The lowest BCUT2D eigenvalue weighted by atomic mass is 10.6. The quantitative estimate of drug-likeness (QED) is 0.347. The van der Waals surface area contributed by atoms with Gasteiger partial charge in [0.25, 0.3) is 10.1 Å². The Bertz CT molecular complexity index is 288. The molecule has 0 saturated carbocycles. The highest BCUT2D eigenvalue weighted by Crippen LogP contribution is 1.83. The molecule has 0 spiro atoms. The summed E-state index contributed by atoms with van der Waals surface area (Å²) in [5, 5.41) is 0. The van der Waals surface area contributed by atoms with Crippen LogP contribution in [0.2, 0.25) is 0 Å². The average molecular weight is 200 g/mol. The maximum atomic E-state index is 10.0. The van der Waals surface area contributed by atoms with E-state index < -0.39 is 26.6 Å². The number of rotatable bonds is 4. The lowest BCUT2D eigenvalue weighted by Crippen LogP contribution is -2.00. The first-order valence-electron chi connectivity index (χ1n) is 2.64. The zero-order valence-corrected chi connectivity index (χ0v) is 7.22. The SMILES string of the molecule is O=[SH](=O)C/C=C\CS(=O)(=O)O. The van der Waals surface area contributed by atoms with Gasteiger partial charge in [0.05, 0.1) is 11.5 Å². The minimum Gasteiger partial charge on any atom is -0.285 e. The Morgan fingerprint density at radius 2 is 1.82 bits per heavy atom. The maximum Gasteiger partial charge on any atom is 0.268 e. The van der Waals surface area contributed by atoms with Gasteiger partial charge in [-0.3, -0.25) is 4.55 Å². The summed E-state index contributed by atoms with van der Waals surface area (Å²) in [6.45, 7) is 0. The van der Waals surface area contributed by atoms with Crippen molar-refractivity contribution in [3.8, 4) is 0 Å². The zero-order valence-electron chi connectivity index (χ0n) is 5.50. The van der Waals surface area contributed by atoms with E-state index in [0.29, 0.717) is 0 Å². The van der Waals surface area contributed by atoms with Crippen molar-refractivity contribution in [3.63, 3.8) is 0 Å². The van der Waals surface area contributed by atoms with Crippen LogP contribution in [0.5, 0.6) is 0 Å². The van der Waals surface area contributed by atoms with Crippen molar-refractivity contribution in [3.05, 3.63) is 12.2 Å². The summed E-state index contributed by atoms with van der Waals surface area (Å²) in [4.78, 5) is 0. The molecule has 0 atom stereocenters. The molecule has 0 fully saturated rings. The molecular weight excluding hydrogens is 192 g/mol. The average Bonchev–Trinajstić information content (AvgIpc) is 1.78. The smallest absolute Gasteiger partial charge is 0.268 e. The summed E-state index contributed by atoms with van der Waals surface area (Å²) < 4.78 is 48.0. The van der Waals surface area contributed by atoms with Gasteiger partial charge in [0.15, 0.2) is 0 Å². The second-order valence-electron chi connectivity index (χ2n) is 1.74.